The van der Waals surface area contributed by atoms with Crippen LogP contribution in [0.2, 0.25) is 10.0 Å². The smallest absolute Gasteiger partial charge is 0.0465 e. The van der Waals surface area contributed by atoms with Crippen LogP contribution in [0, 0.1) is 0 Å². The first-order chi connectivity index (χ1) is 9.20. The first kappa shape index (κ1) is 15.1. The largest absolute Gasteiger partial charge is 0.310 e. The molecule has 0 aromatic heterocycles. The van der Waals surface area contributed by atoms with E-state index in [1.165, 1.54) is 38.9 Å². The highest BCUT2D eigenvalue weighted by Gasteiger charge is 2.18. The fourth-order valence-corrected chi connectivity index (χ4v) is 3.16. The normalized spacial score (nSPS) is 17.8. The van der Waals surface area contributed by atoms with Gasteiger partial charge in [0.15, 0.2) is 0 Å². The van der Waals surface area contributed by atoms with E-state index in [0.29, 0.717) is 6.04 Å². The van der Waals surface area contributed by atoms with Crippen molar-refractivity contribution >= 4 is 23.2 Å². The topological polar surface area (TPSA) is 15.3 Å². The standard InChI is InChI=1S/C15H22Cl2N2/c1-2-8-19-9-6-12(7-10-19)18-11-13-14(16)4-3-5-15(13)17/h3-5,12,18H,2,6-11H2,1H3. The number of nitrogens with zero attached hydrogens (tertiary/aromatic N) is 1. The fraction of sp³-hybridized carbons (Fsp3) is 0.600. The Morgan fingerprint density at radius 3 is 2.42 bits per heavy atom. The zero-order chi connectivity index (χ0) is 13.7. The van der Waals surface area contributed by atoms with Crippen LogP contribution in [0.1, 0.15) is 31.7 Å². The molecule has 1 N–H and O–H groups in total. The van der Waals surface area contributed by atoms with Crippen molar-refractivity contribution in [3.8, 4) is 0 Å². The van der Waals surface area contributed by atoms with Gasteiger partial charge in [-0.2, -0.15) is 0 Å². The van der Waals surface area contributed by atoms with Crippen LogP contribution < -0.4 is 5.32 Å². The molecule has 1 aliphatic heterocycles. The van der Waals surface area contributed by atoms with Gasteiger partial charge in [0.05, 0.1) is 0 Å². The summed E-state index contributed by atoms with van der Waals surface area (Å²) in [7, 11) is 0. The summed E-state index contributed by atoms with van der Waals surface area (Å²) >= 11 is 12.4. The van der Waals surface area contributed by atoms with Crippen molar-refractivity contribution in [1.82, 2.24) is 10.2 Å². The van der Waals surface area contributed by atoms with Crippen LogP contribution in [-0.4, -0.2) is 30.6 Å². The summed E-state index contributed by atoms with van der Waals surface area (Å²) < 4.78 is 0. The van der Waals surface area contributed by atoms with Gasteiger partial charge >= 0.3 is 0 Å². The summed E-state index contributed by atoms with van der Waals surface area (Å²) in [5.74, 6) is 0. The van der Waals surface area contributed by atoms with Crippen molar-refractivity contribution in [3.63, 3.8) is 0 Å². The average molecular weight is 301 g/mol. The highest BCUT2D eigenvalue weighted by atomic mass is 35.5. The first-order valence-corrected chi connectivity index (χ1v) is 7.85. The van der Waals surface area contributed by atoms with E-state index in [2.05, 4.69) is 17.1 Å². The summed E-state index contributed by atoms with van der Waals surface area (Å²) in [5.41, 5.74) is 1.02. The molecule has 0 amide bonds. The number of hydrogen-bond donors (Lipinski definition) is 1. The van der Waals surface area contributed by atoms with Gasteiger partial charge in [-0.1, -0.05) is 36.2 Å². The first-order valence-electron chi connectivity index (χ1n) is 7.09. The minimum absolute atomic E-state index is 0.584. The predicted octanol–water partition coefficient (Wildman–Crippen LogP) is 3.96. The Hall–Kier alpha value is -0.280. The molecule has 1 fully saturated rings. The summed E-state index contributed by atoms with van der Waals surface area (Å²) in [6.07, 6.45) is 3.66. The molecule has 0 saturated carbocycles. The van der Waals surface area contributed by atoms with Crippen LogP contribution in [0.3, 0.4) is 0 Å². The molecule has 0 spiro atoms. The van der Waals surface area contributed by atoms with Crippen molar-refractivity contribution in [2.75, 3.05) is 19.6 Å². The molecule has 1 saturated heterocycles. The second-order valence-electron chi connectivity index (χ2n) is 5.20. The van der Waals surface area contributed by atoms with Crippen LogP contribution in [0.15, 0.2) is 18.2 Å². The van der Waals surface area contributed by atoms with E-state index in [1.54, 1.807) is 0 Å². The van der Waals surface area contributed by atoms with Crippen molar-refractivity contribution < 1.29 is 0 Å². The van der Waals surface area contributed by atoms with E-state index in [1.807, 2.05) is 18.2 Å². The highest BCUT2D eigenvalue weighted by Crippen LogP contribution is 2.24. The quantitative estimate of drug-likeness (QED) is 0.885. The number of nitrogens with one attached hydrogen (secondary N) is 1. The number of piperidine rings is 1. The lowest BCUT2D eigenvalue weighted by Crippen LogP contribution is -2.42. The van der Waals surface area contributed by atoms with Gasteiger partial charge in [0.1, 0.15) is 0 Å². The van der Waals surface area contributed by atoms with Crippen molar-refractivity contribution in [3.05, 3.63) is 33.8 Å². The van der Waals surface area contributed by atoms with Gasteiger partial charge in [-0.15, -0.1) is 0 Å². The molecule has 106 valence electrons. The summed E-state index contributed by atoms with van der Waals surface area (Å²) in [6, 6.07) is 6.26. The monoisotopic (exact) mass is 300 g/mol. The molecule has 0 atom stereocenters. The van der Waals surface area contributed by atoms with E-state index in [0.717, 1.165) is 22.2 Å². The molecule has 1 aromatic rings. The lowest BCUT2D eigenvalue weighted by atomic mass is 10.0. The molecule has 2 nitrogen and oxygen atoms in total. The van der Waals surface area contributed by atoms with Gasteiger partial charge in [0, 0.05) is 28.2 Å². The molecule has 1 heterocycles. The Kier molecular flexibility index (Phi) is 5.96. The van der Waals surface area contributed by atoms with Crippen LogP contribution >= 0.6 is 23.2 Å². The maximum atomic E-state index is 6.18. The number of hydrogen-bond acceptors (Lipinski definition) is 2. The maximum absolute atomic E-state index is 6.18. The Bertz CT molecular complexity index is 381. The van der Waals surface area contributed by atoms with Gasteiger partial charge in [0.25, 0.3) is 0 Å². The van der Waals surface area contributed by atoms with Gasteiger partial charge in [-0.3, -0.25) is 0 Å². The lowest BCUT2D eigenvalue weighted by Gasteiger charge is -2.32. The Balaban J connectivity index is 1.81. The number of benzene rings is 1. The van der Waals surface area contributed by atoms with E-state index in [9.17, 15) is 0 Å². The molecule has 0 bridgehead atoms. The lowest BCUT2D eigenvalue weighted by molar-refractivity contribution is 0.197. The molecule has 1 aliphatic rings. The molecule has 1 aromatic carbocycles. The predicted molar refractivity (Wildman–Crippen MR) is 83.1 cm³/mol. The second-order valence-corrected chi connectivity index (χ2v) is 6.01. The number of halogens is 2. The van der Waals surface area contributed by atoms with Gasteiger partial charge in [-0.05, 0) is 51.0 Å². The Morgan fingerprint density at radius 2 is 1.84 bits per heavy atom. The molecular weight excluding hydrogens is 279 g/mol. The summed E-state index contributed by atoms with van der Waals surface area (Å²) in [4.78, 5) is 2.54. The number of likely N-dealkylation sites (tertiary alicyclic amines) is 1. The minimum atomic E-state index is 0.584. The van der Waals surface area contributed by atoms with E-state index >= 15 is 0 Å². The molecule has 2 rings (SSSR count). The molecule has 4 heteroatoms. The van der Waals surface area contributed by atoms with Crippen molar-refractivity contribution in [2.24, 2.45) is 0 Å². The van der Waals surface area contributed by atoms with Crippen LogP contribution in [0.25, 0.3) is 0 Å². The molecule has 19 heavy (non-hydrogen) atoms. The zero-order valence-electron chi connectivity index (χ0n) is 11.5. The fourth-order valence-electron chi connectivity index (χ4n) is 2.62. The van der Waals surface area contributed by atoms with Crippen LogP contribution in [-0.2, 0) is 6.54 Å². The summed E-state index contributed by atoms with van der Waals surface area (Å²) in [6.45, 7) is 6.62. The minimum Gasteiger partial charge on any atom is -0.310 e. The SMILES string of the molecule is CCCN1CCC(NCc2c(Cl)cccc2Cl)CC1. The number of rotatable bonds is 5. The second kappa shape index (κ2) is 7.49. The molecular formula is C15H22Cl2N2. The van der Waals surface area contributed by atoms with E-state index < -0.39 is 0 Å². The maximum Gasteiger partial charge on any atom is 0.0465 e. The Labute approximate surface area is 126 Å². The average Bonchev–Trinajstić information content (AvgIpc) is 2.40. The van der Waals surface area contributed by atoms with E-state index in [-0.39, 0.29) is 0 Å². The van der Waals surface area contributed by atoms with Gasteiger partial charge < -0.3 is 10.2 Å². The summed E-state index contributed by atoms with van der Waals surface area (Å²) in [5, 5.41) is 5.09. The molecule has 0 aliphatic carbocycles. The highest BCUT2D eigenvalue weighted by molar-refractivity contribution is 6.35. The third-order valence-electron chi connectivity index (χ3n) is 3.76. The van der Waals surface area contributed by atoms with Gasteiger partial charge in [0.2, 0.25) is 0 Å². The van der Waals surface area contributed by atoms with Crippen molar-refractivity contribution in [2.45, 2.75) is 38.8 Å². The Morgan fingerprint density at radius 1 is 1.21 bits per heavy atom. The molecule has 0 unspecified atom stereocenters. The van der Waals surface area contributed by atoms with Gasteiger partial charge in [-0.25, -0.2) is 0 Å². The van der Waals surface area contributed by atoms with E-state index in [4.69, 9.17) is 23.2 Å². The third-order valence-corrected chi connectivity index (χ3v) is 4.46. The zero-order valence-corrected chi connectivity index (χ0v) is 13.0. The molecule has 0 radical (unpaired) electrons. The third kappa shape index (κ3) is 4.35. The van der Waals surface area contributed by atoms with Crippen molar-refractivity contribution in [1.29, 1.82) is 0 Å². The van der Waals surface area contributed by atoms with Crippen LogP contribution in [0.4, 0.5) is 0 Å². The van der Waals surface area contributed by atoms with Crippen LogP contribution in [0.5, 0.6) is 0 Å².